The molecule has 0 bridgehead atoms. The van der Waals surface area contributed by atoms with E-state index < -0.39 is 0 Å². The van der Waals surface area contributed by atoms with Crippen LogP contribution in [0.3, 0.4) is 0 Å². The van der Waals surface area contributed by atoms with Crippen molar-refractivity contribution in [3.05, 3.63) is 29.6 Å². The Hall–Kier alpha value is -1.09. The average molecular weight is 279 g/mol. The molecule has 0 aliphatic heterocycles. The molecule has 2 rings (SSSR count). The largest absolute Gasteiger partial charge is 0.487 e. The highest BCUT2D eigenvalue weighted by Gasteiger charge is 2.34. The van der Waals surface area contributed by atoms with Gasteiger partial charge >= 0.3 is 0 Å². The van der Waals surface area contributed by atoms with Gasteiger partial charge in [-0.3, -0.25) is 0 Å². The van der Waals surface area contributed by atoms with Crippen LogP contribution in [0.25, 0.3) is 0 Å². The topological polar surface area (TPSA) is 35.2 Å². The lowest BCUT2D eigenvalue weighted by Crippen LogP contribution is -2.34. The number of rotatable bonds is 3. The molecule has 2 unspecified atom stereocenters. The van der Waals surface area contributed by atoms with Gasteiger partial charge in [0.2, 0.25) is 0 Å². The first-order chi connectivity index (χ1) is 9.28. The molecule has 0 heterocycles. The van der Waals surface area contributed by atoms with E-state index in [4.69, 9.17) is 10.5 Å². The molecule has 1 aliphatic rings. The van der Waals surface area contributed by atoms with Crippen molar-refractivity contribution in [2.75, 3.05) is 0 Å². The molecule has 0 saturated heterocycles. The van der Waals surface area contributed by atoms with E-state index in [2.05, 4.69) is 20.8 Å². The van der Waals surface area contributed by atoms with Crippen molar-refractivity contribution in [2.45, 2.75) is 59.1 Å². The van der Waals surface area contributed by atoms with Gasteiger partial charge in [-0.15, -0.1) is 0 Å². The Morgan fingerprint density at radius 1 is 1.35 bits per heavy atom. The lowest BCUT2D eigenvalue weighted by atomic mass is 9.71. The predicted molar refractivity (Wildman–Crippen MR) is 80.2 cm³/mol. The zero-order valence-corrected chi connectivity index (χ0v) is 12.9. The van der Waals surface area contributed by atoms with Crippen molar-refractivity contribution in [1.29, 1.82) is 0 Å². The van der Waals surface area contributed by atoms with E-state index in [0.29, 0.717) is 11.7 Å². The Morgan fingerprint density at radius 2 is 2.05 bits per heavy atom. The van der Waals surface area contributed by atoms with Gasteiger partial charge in [0.05, 0.1) is 6.10 Å². The maximum atomic E-state index is 14.1. The van der Waals surface area contributed by atoms with Gasteiger partial charge in [-0.05, 0) is 43.6 Å². The Labute approximate surface area is 121 Å². The summed E-state index contributed by atoms with van der Waals surface area (Å²) in [5.74, 6) is 0.641. The number of nitrogens with two attached hydrogens (primary N) is 1. The van der Waals surface area contributed by atoms with Crippen LogP contribution in [0.1, 0.15) is 58.6 Å². The van der Waals surface area contributed by atoms with Crippen LogP contribution in [0.2, 0.25) is 0 Å². The first-order valence-electron chi connectivity index (χ1n) is 7.49. The molecule has 1 aromatic rings. The lowest BCUT2D eigenvalue weighted by molar-refractivity contribution is 0.0527. The molecular formula is C17H26FNO. The third kappa shape index (κ3) is 3.51. The van der Waals surface area contributed by atoms with E-state index in [1.165, 1.54) is 12.5 Å². The van der Waals surface area contributed by atoms with E-state index in [9.17, 15) is 4.39 Å². The van der Waals surface area contributed by atoms with Gasteiger partial charge in [0, 0.05) is 11.6 Å². The summed E-state index contributed by atoms with van der Waals surface area (Å²) in [6.07, 6.45) is 3.22. The number of ether oxygens (including phenoxy) is 1. The molecule has 1 aromatic carbocycles. The van der Waals surface area contributed by atoms with Crippen LogP contribution < -0.4 is 10.5 Å². The van der Waals surface area contributed by atoms with E-state index in [-0.39, 0.29) is 23.4 Å². The maximum absolute atomic E-state index is 14.1. The van der Waals surface area contributed by atoms with Crippen molar-refractivity contribution in [3.63, 3.8) is 0 Å². The minimum Gasteiger partial charge on any atom is -0.487 e. The summed E-state index contributed by atoms with van der Waals surface area (Å²) in [6, 6.07) is 4.75. The fourth-order valence-electron chi connectivity index (χ4n) is 3.52. The summed E-state index contributed by atoms with van der Waals surface area (Å²) in [4.78, 5) is 0. The van der Waals surface area contributed by atoms with Gasteiger partial charge in [0.15, 0.2) is 11.6 Å². The summed E-state index contributed by atoms with van der Waals surface area (Å²) in [6.45, 7) is 8.61. The highest BCUT2D eigenvalue weighted by Crippen LogP contribution is 2.41. The summed E-state index contributed by atoms with van der Waals surface area (Å²) in [5, 5.41) is 0. The number of halogens is 1. The Balaban J connectivity index is 2.21. The van der Waals surface area contributed by atoms with Crippen LogP contribution in [0.15, 0.2) is 18.2 Å². The van der Waals surface area contributed by atoms with E-state index >= 15 is 0 Å². The second-order valence-electron chi connectivity index (χ2n) is 7.10. The average Bonchev–Trinajstić information content (AvgIpc) is 2.28. The Kier molecular flexibility index (Phi) is 4.38. The molecule has 0 radical (unpaired) electrons. The zero-order chi connectivity index (χ0) is 14.9. The van der Waals surface area contributed by atoms with Gasteiger partial charge in [-0.25, -0.2) is 4.39 Å². The second-order valence-corrected chi connectivity index (χ2v) is 7.10. The summed E-state index contributed by atoms with van der Waals surface area (Å²) in [5.41, 5.74) is 6.93. The molecule has 2 nitrogen and oxygen atoms in total. The Bertz CT molecular complexity index is 470. The van der Waals surface area contributed by atoms with Crippen LogP contribution in [-0.4, -0.2) is 6.10 Å². The van der Waals surface area contributed by atoms with Crippen molar-refractivity contribution < 1.29 is 9.13 Å². The summed E-state index contributed by atoms with van der Waals surface area (Å²) >= 11 is 0. The first-order valence-corrected chi connectivity index (χ1v) is 7.49. The lowest BCUT2D eigenvalue weighted by Gasteiger charge is -2.39. The standard InChI is InChI=1S/C17H26FNO/c1-11-8-13(10-17(3,4)9-11)20-16-14(12(2)19)6-5-7-15(16)18/h5-7,11-13H,8-10,19H2,1-4H3/t11?,12-,13?/m1/s1. The molecule has 3 heteroatoms. The third-order valence-electron chi connectivity index (χ3n) is 4.12. The highest BCUT2D eigenvalue weighted by molar-refractivity contribution is 5.37. The molecule has 0 amide bonds. The van der Waals surface area contributed by atoms with Crippen molar-refractivity contribution in [1.82, 2.24) is 0 Å². The van der Waals surface area contributed by atoms with Crippen molar-refractivity contribution in [2.24, 2.45) is 17.1 Å². The van der Waals surface area contributed by atoms with Crippen LogP contribution in [0, 0.1) is 17.2 Å². The molecular weight excluding hydrogens is 253 g/mol. The number of benzene rings is 1. The smallest absolute Gasteiger partial charge is 0.165 e. The van der Waals surface area contributed by atoms with Gasteiger partial charge < -0.3 is 10.5 Å². The fraction of sp³-hybridized carbons (Fsp3) is 0.647. The minimum atomic E-state index is -0.309. The molecule has 20 heavy (non-hydrogen) atoms. The molecule has 0 aromatic heterocycles. The van der Waals surface area contributed by atoms with Crippen molar-refractivity contribution >= 4 is 0 Å². The van der Waals surface area contributed by atoms with E-state index in [0.717, 1.165) is 18.4 Å². The molecule has 1 aliphatic carbocycles. The van der Waals surface area contributed by atoms with E-state index in [1.807, 2.05) is 13.0 Å². The van der Waals surface area contributed by atoms with Gasteiger partial charge in [0.25, 0.3) is 0 Å². The molecule has 2 N–H and O–H groups in total. The van der Waals surface area contributed by atoms with Gasteiger partial charge in [-0.1, -0.05) is 32.9 Å². The first kappa shape index (κ1) is 15.3. The van der Waals surface area contributed by atoms with Crippen LogP contribution in [0.5, 0.6) is 5.75 Å². The molecule has 112 valence electrons. The molecule has 1 fully saturated rings. The number of hydrogen-bond acceptors (Lipinski definition) is 2. The van der Waals surface area contributed by atoms with Crippen LogP contribution in [-0.2, 0) is 0 Å². The van der Waals surface area contributed by atoms with Crippen molar-refractivity contribution in [3.8, 4) is 5.75 Å². The van der Waals surface area contributed by atoms with Crippen LogP contribution >= 0.6 is 0 Å². The highest BCUT2D eigenvalue weighted by atomic mass is 19.1. The number of para-hydroxylation sites is 1. The molecule has 1 saturated carbocycles. The molecule has 3 atom stereocenters. The monoisotopic (exact) mass is 279 g/mol. The molecule has 0 spiro atoms. The Morgan fingerprint density at radius 3 is 2.65 bits per heavy atom. The summed E-state index contributed by atoms with van der Waals surface area (Å²) < 4.78 is 20.1. The van der Waals surface area contributed by atoms with Gasteiger partial charge in [-0.2, -0.15) is 0 Å². The summed E-state index contributed by atoms with van der Waals surface area (Å²) in [7, 11) is 0. The second kappa shape index (κ2) is 5.72. The zero-order valence-electron chi connectivity index (χ0n) is 12.9. The quantitative estimate of drug-likeness (QED) is 0.887. The van der Waals surface area contributed by atoms with Gasteiger partial charge in [0.1, 0.15) is 0 Å². The maximum Gasteiger partial charge on any atom is 0.165 e. The predicted octanol–water partition coefficient (Wildman–Crippen LogP) is 4.44. The third-order valence-corrected chi connectivity index (χ3v) is 4.12. The SMILES string of the molecule is CC1CC(Oc2c(F)cccc2[C@@H](C)N)CC(C)(C)C1. The fourth-order valence-corrected chi connectivity index (χ4v) is 3.52. The normalized spacial score (nSPS) is 27.1. The van der Waals surface area contributed by atoms with E-state index in [1.54, 1.807) is 6.07 Å². The van der Waals surface area contributed by atoms with Crippen LogP contribution in [0.4, 0.5) is 4.39 Å². The number of hydrogen-bond donors (Lipinski definition) is 1. The minimum absolute atomic E-state index is 0.0724.